The summed E-state index contributed by atoms with van der Waals surface area (Å²) in [5.41, 5.74) is 2.18. The third kappa shape index (κ3) is 2.96. The first-order valence-electron chi connectivity index (χ1n) is 7.22. The van der Waals surface area contributed by atoms with Gasteiger partial charge in [-0.25, -0.2) is 4.98 Å². The first kappa shape index (κ1) is 14.2. The monoisotopic (exact) mass is 291 g/mol. The molecule has 1 unspecified atom stereocenters. The summed E-state index contributed by atoms with van der Waals surface area (Å²) in [6, 6.07) is 14.3. The van der Waals surface area contributed by atoms with Crippen LogP contribution in [0, 0.1) is 6.92 Å². The molecule has 0 aliphatic heterocycles. The SMILES string of the molecule is Cc1cnc(C(=O)NC(C)c2ccc3ccccc3c2)cn1. The number of amides is 1. The fraction of sp³-hybridized carbons (Fsp3) is 0.167. The zero-order valence-corrected chi connectivity index (χ0v) is 12.6. The number of hydrogen-bond donors (Lipinski definition) is 1. The lowest BCUT2D eigenvalue weighted by molar-refractivity contribution is 0.0934. The number of carbonyl (C=O) groups excluding carboxylic acids is 1. The molecular weight excluding hydrogens is 274 g/mol. The Morgan fingerprint density at radius 1 is 1.05 bits per heavy atom. The van der Waals surface area contributed by atoms with E-state index in [0.29, 0.717) is 5.69 Å². The second kappa shape index (κ2) is 5.93. The van der Waals surface area contributed by atoms with Crippen LogP contribution in [-0.2, 0) is 0 Å². The molecule has 4 heteroatoms. The van der Waals surface area contributed by atoms with Crippen LogP contribution in [-0.4, -0.2) is 15.9 Å². The Bertz CT molecular complexity index is 812. The minimum absolute atomic E-state index is 0.0970. The van der Waals surface area contributed by atoms with Gasteiger partial charge in [-0.15, -0.1) is 0 Å². The van der Waals surface area contributed by atoms with Gasteiger partial charge >= 0.3 is 0 Å². The van der Waals surface area contributed by atoms with Gasteiger partial charge in [-0.05, 0) is 36.2 Å². The average Bonchev–Trinajstić information content (AvgIpc) is 2.55. The molecular formula is C18H17N3O. The molecule has 0 saturated carbocycles. The summed E-state index contributed by atoms with van der Waals surface area (Å²) in [4.78, 5) is 20.4. The number of rotatable bonds is 3. The van der Waals surface area contributed by atoms with Crippen molar-refractivity contribution in [2.45, 2.75) is 19.9 Å². The zero-order valence-electron chi connectivity index (χ0n) is 12.6. The number of fused-ring (bicyclic) bond motifs is 1. The molecule has 4 nitrogen and oxygen atoms in total. The highest BCUT2D eigenvalue weighted by Gasteiger charge is 2.13. The van der Waals surface area contributed by atoms with Crippen LogP contribution in [0.1, 0.15) is 34.7 Å². The first-order valence-corrected chi connectivity index (χ1v) is 7.22. The fourth-order valence-electron chi connectivity index (χ4n) is 2.34. The Morgan fingerprint density at radius 3 is 2.55 bits per heavy atom. The van der Waals surface area contributed by atoms with Gasteiger partial charge in [0.1, 0.15) is 5.69 Å². The molecule has 3 aromatic rings. The molecule has 2 aromatic carbocycles. The van der Waals surface area contributed by atoms with Crippen molar-refractivity contribution in [3.8, 4) is 0 Å². The van der Waals surface area contributed by atoms with Gasteiger partial charge in [0, 0.05) is 6.20 Å². The van der Waals surface area contributed by atoms with Crippen LogP contribution < -0.4 is 5.32 Å². The molecule has 1 amide bonds. The average molecular weight is 291 g/mol. The van der Waals surface area contributed by atoms with Gasteiger partial charge in [-0.3, -0.25) is 9.78 Å². The standard InChI is InChI=1S/C18H17N3O/c1-12-10-20-17(11-19-12)18(22)21-13(2)15-8-7-14-5-3-4-6-16(14)9-15/h3-11,13H,1-2H3,(H,21,22). The quantitative estimate of drug-likeness (QED) is 0.804. The van der Waals surface area contributed by atoms with Crippen LogP contribution in [0.25, 0.3) is 10.8 Å². The number of hydrogen-bond acceptors (Lipinski definition) is 3. The highest BCUT2D eigenvalue weighted by atomic mass is 16.1. The van der Waals surface area contributed by atoms with Gasteiger partial charge in [0.05, 0.1) is 17.9 Å². The second-order valence-electron chi connectivity index (χ2n) is 5.34. The maximum absolute atomic E-state index is 12.2. The summed E-state index contributed by atoms with van der Waals surface area (Å²) in [7, 11) is 0. The molecule has 110 valence electrons. The second-order valence-corrected chi connectivity index (χ2v) is 5.34. The third-order valence-corrected chi connectivity index (χ3v) is 3.63. The van der Waals surface area contributed by atoms with E-state index in [-0.39, 0.29) is 11.9 Å². The van der Waals surface area contributed by atoms with Gasteiger partial charge in [-0.2, -0.15) is 0 Å². The Labute approximate surface area is 129 Å². The Morgan fingerprint density at radius 2 is 1.82 bits per heavy atom. The van der Waals surface area contributed by atoms with E-state index in [9.17, 15) is 4.79 Å². The molecule has 0 radical (unpaired) electrons. The highest BCUT2D eigenvalue weighted by Crippen LogP contribution is 2.20. The Balaban J connectivity index is 1.79. The summed E-state index contributed by atoms with van der Waals surface area (Å²) in [5.74, 6) is -0.215. The van der Waals surface area contributed by atoms with Crippen molar-refractivity contribution in [2.24, 2.45) is 0 Å². The van der Waals surface area contributed by atoms with Gasteiger partial charge in [0.25, 0.3) is 5.91 Å². The van der Waals surface area contributed by atoms with E-state index >= 15 is 0 Å². The van der Waals surface area contributed by atoms with Crippen LogP contribution in [0.3, 0.4) is 0 Å². The molecule has 3 rings (SSSR count). The Kier molecular flexibility index (Phi) is 3.83. The van der Waals surface area contributed by atoms with Crippen LogP contribution in [0.5, 0.6) is 0 Å². The summed E-state index contributed by atoms with van der Waals surface area (Å²) in [5, 5.41) is 5.31. The van der Waals surface area contributed by atoms with Crippen LogP contribution in [0.4, 0.5) is 0 Å². The van der Waals surface area contributed by atoms with Gasteiger partial charge in [0.15, 0.2) is 0 Å². The predicted molar refractivity (Wildman–Crippen MR) is 86.6 cm³/mol. The third-order valence-electron chi connectivity index (χ3n) is 3.63. The largest absolute Gasteiger partial charge is 0.344 e. The summed E-state index contributed by atoms with van der Waals surface area (Å²) in [6.45, 7) is 3.80. The molecule has 0 bridgehead atoms. The molecule has 1 heterocycles. The molecule has 1 N–H and O–H groups in total. The van der Waals surface area contributed by atoms with Crippen molar-refractivity contribution in [3.05, 3.63) is 71.8 Å². The van der Waals surface area contributed by atoms with E-state index < -0.39 is 0 Å². The predicted octanol–water partition coefficient (Wildman–Crippen LogP) is 3.43. The van der Waals surface area contributed by atoms with Crippen LogP contribution >= 0.6 is 0 Å². The van der Waals surface area contributed by atoms with Crippen molar-refractivity contribution < 1.29 is 4.79 Å². The summed E-state index contributed by atoms with van der Waals surface area (Å²) in [6.07, 6.45) is 3.09. The molecule has 1 aromatic heterocycles. The summed E-state index contributed by atoms with van der Waals surface area (Å²) < 4.78 is 0. The van der Waals surface area contributed by atoms with E-state index in [1.165, 1.54) is 11.6 Å². The van der Waals surface area contributed by atoms with E-state index in [1.54, 1.807) is 6.20 Å². The molecule has 22 heavy (non-hydrogen) atoms. The Hall–Kier alpha value is -2.75. The number of aromatic nitrogens is 2. The van der Waals surface area contributed by atoms with E-state index in [0.717, 1.165) is 16.6 Å². The molecule has 0 fully saturated rings. The van der Waals surface area contributed by atoms with Crippen molar-refractivity contribution in [1.29, 1.82) is 0 Å². The minimum atomic E-state index is -0.215. The van der Waals surface area contributed by atoms with Crippen molar-refractivity contribution >= 4 is 16.7 Å². The maximum atomic E-state index is 12.2. The maximum Gasteiger partial charge on any atom is 0.271 e. The smallest absolute Gasteiger partial charge is 0.271 e. The van der Waals surface area contributed by atoms with Crippen molar-refractivity contribution in [1.82, 2.24) is 15.3 Å². The molecule has 0 aliphatic rings. The van der Waals surface area contributed by atoms with Gasteiger partial charge < -0.3 is 5.32 Å². The molecule has 0 aliphatic carbocycles. The number of aryl methyl sites for hydroxylation is 1. The first-order chi connectivity index (χ1) is 10.6. The lowest BCUT2D eigenvalue weighted by Gasteiger charge is -2.14. The topological polar surface area (TPSA) is 54.9 Å². The van der Waals surface area contributed by atoms with E-state index in [4.69, 9.17) is 0 Å². The van der Waals surface area contributed by atoms with Crippen LogP contribution in [0.2, 0.25) is 0 Å². The van der Waals surface area contributed by atoms with Crippen LogP contribution in [0.15, 0.2) is 54.9 Å². The number of nitrogens with zero attached hydrogens (tertiary/aromatic N) is 2. The minimum Gasteiger partial charge on any atom is -0.344 e. The number of carbonyl (C=O) groups is 1. The van der Waals surface area contributed by atoms with Gasteiger partial charge in [-0.1, -0.05) is 36.4 Å². The van der Waals surface area contributed by atoms with E-state index in [1.807, 2.05) is 32.0 Å². The van der Waals surface area contributed by atoms with Crippen molar-refractivity contribution in [3.63, 3.8) is 0 Å². The summed E-state index contributed by atoms with van der Waals surface area (Å²) >= 11 is 0. The fourth-order valence-corrected chi connectivity index (χ4v) is 2.34. The highest BCUT2D eigenvalue weighted by molar-refractivity contribution is 5.92. The normalized spacial score (nSPS) is 12.1. The lowest BCUT2D eigenvalue weighted by Crippen LogP contribution is -2.27. The molecule has 0 saturated heterocycles. The lowest BCUT2D eigenvalue weighted by atomic mass is 10.0. The van der Waals surface area contributed by atoms with E-state index in [2.05, 4.69) is 39.6 Å². The zero-order chi connectivity index (χ0) is 15.5. The van der Waals surface area contributed by atoms with Gasteiger partial charge in [0.2, 0.25) is 0 Å². The number of benzene rings is 2. The van der Waals surface area contributed by atoms with Crippen molar-refractivity contribution in [2.75, 3.05) is 0 Å². The molecule has 0 spiro atoms. The number of nitrogens with one attached hydrogen (secondary N) is 1. The molecule has 1 atom stereocenters.